The second kappa shape index (κ2) is 6.65. The van der Waals surface area contributed by atoms with Crippen LogP contribution in [0.25, 0.3) is 0 Å². The Labute approximate surface area is 132 Å². The van der Waals surface area contributed by atoms with E-state index < -0.39 is 0 Å². The zero-order valence-corrected chi connectivity index (χ0v) is 13.5. The molecule has 1 aliphatic heterocycles. The van der Waals surface area contributed by atoms with E-state index in [0.717, 1.165) is 31.0 Å². The molecule has 1 aromatic rings. The van der Waals surface area contributed by atoms with E-state index in [1.165, 1.54) is 19.4 Å². The van der Waals surface area contributed by atoms with E-state index in [4.69, 9.17) is 0 Å². The van der Waals surface area contributed by atoms with Gasteiger partial charge in [-0.25, -0.2) is 4.79 Å². The average molecular weight is 302 g/mol. The lowest BCUT2D eigenvalue weighted by Gasteiger charge is -2.27. The van der Waals surface area contributed by atoms with Gasteiger partial charge >= 0.3 is 6.03 Å². The third kappa shape index (κ3) is 3.77. The Morgan fingerprint density at radius 1 is 1.50 bits per heavy atom. The van der Waals surface area contributed by atoms with Crippen LogP contribution in [0.1, 0.15) is 37.8 Å². The molecule has 1 saturated carbocycles. The first-order valence-corrected chi connectivity index (χ1v) is 8.29. The van der Waals surface area contributed by atoms with Crippen molar-refractivity contribution in [2.75, 3.05) is 26.7 Å². The summed E-state index contributed by atoms with van der Waals surface area (Å²) in [5, 5.41) is 3.18. The van der Waals surface area contributed by atoms with Gasteiger partial charge in [-0.05, 0) is 43.7 Å². The first kappa shape index (κ1) is 15.3. The molecule has 1 aromatic heterocycles. The Hall–Kier alpha value is -1.62. The maximum Gasteiger partial charge on any atom is 0.317 e. The van der Waals surface area contributed by atoms with E-state index in [1.807, 2.05) is 32.3 Å². The summed E-state index contributed by atoms with van der Waals surface area (Å²) in [4.78, 5) is 20.8. The molecular formula is C17H26N4O. The summed E-state index contributed by atoms with van der Waals surface area (Å²) in [7, 11) is 1.85. The monoisotopic (exact) mass is 302 g/mol. The number of pyridine rings is 1. The molecule has 0 aromatic carbocycles. The summed E-state index contributed by atoms with van der Waals surface area (Å²) in [6.45, 7) is 5.36. The summed E-state index contributed by atoms with van der Waals surface area (Å²) in [5.74, 6) is 0.919. The Morgan fingerprint density at radius 3 is 3.00 bits per heavy atom. The largest absolute Gasteiger partial charge is 0.334 e. The highest BCUT2D eigenvalue weighted by molar-refractivity contribution is 5.74. The van der Waals surface area contributed by atoms with Crippen LogP contribution in [0.15, 0.2) is 24.5 Å². The number of nitrogens with one attached hydrogen (secondary N) is 1. The molecule has 2 heterocycles. The molecule has 22 heavy (non-hydrogen) atoms. The van der Waals surface area contributed by atoms with Crippen LogP contribution >= 0.6 is 0 Å². The number of urea groups is 1. The van der Waals surface area contributed by atoms with Gasteiger partial charge in [0.1, 0.15) is 0 Å². The highest BCUT2D eigenvalue weighted by Crippen LogP contribution is 2.30. The van der Waals surface area contributed by atoms with Gasteiger partial charge < -0.3 is 15.1 Å². The van der Waals surface area contributed by atoms with Crippen molar-refractivity contribution in [2.45, 2.75) is 38.3 Å². The quantitative estimate of drug-likeness (QED) is 0.907. The van der Waals surface area contributed by atoms with Gasteiger partial charge in [-0.3, -0.25) is 4.98 Å². The number of hydrogen-bond donors (Lipinski definition) is 1. The molecule has 120 valence electrons. The second-order valence-corrected chi connectivity index (χ2v) is 6.71. The van der Waals surface area contributed by atoms with E-state index >= 15 is 0 Å². The number of carbonyl (C=O) groups excluding carboxylic acids is 1. The van der Waals surface area contributed by atoms with Crippen LogP contribution in [-0.4, -0.2) is 53.5 Å². The van der Waals surface area contributed by atoms with E-state index in [1.54, 1.807) is 11.1 Å². The van der Waals surface area contributed by atoms with Gasteiger partial charge in [-0.15, -0.1) is 0 Å². The first-order chi connectivity index (χ1) is 10.6. The predicted molar refractivity (Wildman–Crippen MR) is 86.5 cm³/mol. The lowest BCUT2D eigenvalue weighted by Crippen LogP contribution is -2.45. The van der Waals surface area contributed by atoms with Crippen LogP contribution in [0.3, 0.4) is 0 Å². The molecule has 0 unspecified atom stereocenters. The van der Waals surface area contributed by atoms with Crippen molar-refractivity contribution in [2.24, 2.45) is 5.92 Å². The predicted octanol–water partition coefficient (Wildman–Crippen LogP) is 2.27. The van der Waals surface area contributed by atoms with Gasteiger partial charge in [-0.1, -0.05) is 6.07 Å². The molecule has 2 amide bonds. The number of hydrogen-bond acceptors (Lipinski definition) is 3. The average Bonchev–Trinajstić information content (AvgIpc) is 3.25. The highest BCUT2D eigenvalue weighted by Gasteiger charge is 2.30. The molecular weight excluding hydrogens is 276 g/mol. The molecule has 0 radical (unpaired) electrons. The summed E-state index contributed by atoms with van der Waals surface area (Å²) in [5.41, 5.74) is 1.06. The molecule has 0 spiro atoms. The highest BCUT2D eigenvalue weighted by atomic mass is 16.2. The van der Waals surface area contributed by atoms with Crippen molar-refractivity contribution in [3.05, 3.63) is 30.1 Å². The van der Waals surface area contributed by atoms with Crippen molar-refractivity contribution >= 4 is 6.03 Å². The molecule has 5 nitrogen and oxygen atoms in total. The summed E-state index contributed by atoms with van der Waals surface area (Å²) in [6, 6.07) is 4.24. The minimum absolute atomic E-state index is 0.00891. The van der Waals surface area contributed by atoms with Crippen molar-refractivity contribution in [3.63, 3.8) is 0 Å². The molecule has 2 aliphatic rings. The van der Waals surface area contributed by atoms with Crippen LogP contribution in [0.5, 0.6) is 0 Å². The molecule has 5 heteroatoms. The van der Waals surface area contributed by atoms with E-state index in [0.29, 0.717) is 0 Å². The van der Waals surface area contributed by atoms with Gasteiger partial charge in [0, 0.05) is 45.1 Å². The Kier molecular flexibility index (Phi) is 4.62. The lowest BCUT2D eigenvalue weighted by molar-refractivity contribution is 0.190. The van der Waals surface area contributed by atoms with Crippen LogP contribution in [-0.2, 0) is 0 Å². The summed E-state index contributed by atoms with van der Waals surface area (Å²) >= 11 is 0. The van der Waals surface area contributed by atoms with Crippen molar-refractivity contribution in [3.8, 4) is 0 Å². The number of amides is 2. The second-order valence-electron chi connectivity index (χ2n) is 6.71. The van der Waals surface area contributed by atoms with Crippen LogP contribution < -0.4 is 5.32 Å². The number of nitrogens with zero attached hydrogens (tertiary/aromatic N) is 3. The maximum atomic E-state index is 12.4. The fraction of sp³-hybridized carbons (Fsp3) is 0.647. The first-order valence-electron chi connectivity index (χ1n) is 8.29. The molecule has 0 bridgehead atoms. The number of aromatic nitrogens is 1. The van der Waals surface area contributed by atoms with E-state index in [2.05, 4.69) is 15.2 Å². The number of carbonyl (C=O) groups is 1. The Morgan fingerprint density at radius 2 is 2.32 bits per heavy atom. The minimum atomic E-state index is 0.00891. The fourth-order valence-corrected chi connectivity index (χ4v) is 3.08. The van der Waals surface area contributed by atoms with Crippen molar-refractivity contribution in [1.82, 2.24) is 20.1 Å². The zero-order chi connectivity index (χ0) is 15.5. The molecule has 2 fully saturated rings. The standard InChI is InChI=1S/C17H26N4O/c1-13(15-4-3-8-18-10-15)20(2)17(22)19-16-7-9-21(12-16)11-14-5-6-14/h3-4,8,10,13-14,16H,5-7,9,11-12H2,1-2H3,(H,19,22)/t13-,16-/m0/s1. The van der Waals surface area contributed by atoms with Gasteiger partial charge in [-0.2, -0.15) is 0 Å². The summed E-state index contributed by atoms with van der Waals surface area (Å²) in [6.07, 6.45) is 7.41. The zero-order valence-electron chi connectivity index (χ0n) is 13.5. The normalized spacial score (nSPS) is 23.3. The van der Waals surface area contributed by atoms with E-state index in [-0.39, 0.29) is 18.1 Å². The van der Waals surface area contributed by atoms with E-state index in [9.17, 15) is 4.79 Å². The molecule has 2 atom stereocenters. The molecule has 3 rings (SSSR count). The summed E-state index contributed by atoms with van der Waals surface area (Å²) < 4.78 is 0. The van der Waals surface area contributed by atoms with Crippen molar-refractivity contribution in [1.29, 1.82) is 0 Å². The van der Waals surface area contributed by atoms with Crippen LogP contribution in [0.2, 0.25) is 0 Å². The number of likely N-dealkylation sites (tertiary alicyclic amines) is 1. The van der Waals surface area contributed by atoms with Gasteiger partial charge in [0.05, 0.1) is 6.04 Å². The van der Waals surface area contributed by atoms with Crippen LogP contribution in [0, 0.1) is 5.92 Å². The topological polar surface area (TPSA) is 48.5 Å². The molecule has 1 N–H and O–H groups in total. The van der Waals surface area contributed by atoms with Crippen LogP contribution in [0.4, 0.5) is 4.79 Å². The lowest BCUT2D eigenvalue weighted by atomic mass is 10.1. The smallest absolute Gasteiger partial charge is 0.317 e. The fourth-order valence-electron chi connectivity index (χ4n) is 3.08. The SMILES string of the molecule is C[C@@H](c1cccnc1)N(C)C(=O)N[C@H]1CCN(CC2CC2)C1. The maximum absolute atomic E-state index is 12.4. The number of rotatable bonds is 5. The molecule has 1 saturated heterocycles. The molecule has 1 aliphatic carbocycles. The minimum Gasteiger partial charge on any atom is -0.334 e. The van der Waals surface area contributed by atoms with Gasteiger partial charge in [0.15, 0.2) is 0 Å². The third-order valence-corrected chi connectivity index (χ3v) is 4.88. The van der Waals surface area contributed by atoms with Gasteiger partial charge in [0.2, 0.25) is 0 Å². The Bertz CT molecular complexity index is 503. The Balaban J connectivity index is 1.48. The third-order valence-electron chi connectivity index (χ3n) is 4.88. The van der Waals surface area contributed by atoms with Gasteiger partial charge in [0.25, 0.3) is 0 Å². The van der Waals surface area contributed by atoms with Crippen molar-refractivity contribution < 1.29 is 4.79 Å².